The molecule has 0 atom stereocenters. The monoisotopic (exact) mass is 268 g/mol. The van der Waals surface area contributed by atoms with Crippen molar-refractivity contribution in [2.24, 2.45) is 0 Å². The summed E-state index contributed by atoms with van der Waals surface area (Å²) in [5, 5.41) is 0. The lowest BCUT2D eigenvalue weighted by molar-refractivity contribution is -0.866. The number of quaternary nitrogens is 2. The van der Waals surface area contributed by atoms with E-state index in [9.17, 15) is 0 Å². The number of likely N-dealkylation sites (tertiary alicyclic amines) is 2. The van der Waals surface area contributed by atoms with Crippen molar-refractivity contribution < 1.29 is 27.3 Å². The Morgan fingerprint density at radius 1 is 0.765 bits per heavy atom. The fourth-order valence-corrected chi connectivity index (χ4v) is 1.96. The van der Waals surface area contributed by atoms with Crippen molar-refractivity contribution >= 4 is 10.4 Å². The summed E-state index contributed by atoms with van der Waals surface area (Å²) in [4.78, 5) is 3.41. The molecule has 2 aliphatic heterocycles. The number of rotatable bonds is 0. The van der Waals surface area contributed by atoms with Gasteiger partial charge in [0.25, 0.3) is 0 Å². The third-order valence-electron chi connectivity index (χ3n) is 2.91. The number of hydrogen-bond acceptors (Lipinski definition) is 4. The highest BCUT2D eigenvalue weighted by molar-refractivity contribution is 7.79. The Labute approximate surface area is 104 Å². The van der Waals surface area contributed by atoms with Crippen LogP contribution in [0.1, 0.15) is 25.7 Å². The Hall–Kier alpha value is -0.210. The minimum atomic E-state index is -5.17. The Kier molecular flexibility index (Phi) is 8.71. The summed E-state index contributed by atoms with van der Waals surface area (Å²) in [5.74, 6) is 0. The van der Waals surface area contributed by atoms with E-state index in [4.69, 9.17) is 17.5 Å². The maximum absolute atomic E-state index is 8.52. The van der Waals surface area contributed by atoms with E-state index in [1.807, 2.05) is 0 Å². The van der Waals surface area contributed by atoms with Gasteiger partial charge < -0.3 is 18.9 Å². The molecule has 0 aromatic carbocycles. The van der Waals surface area contributed by atoms with E-state index in [1.54, 1.807) is 9.80 Å². The van der Waals surface area contributed by atoms with Gasteiger partial charge in [0.15, 0.2) is 0 Å². The zero-order valence-electron chi connectivity index (χ0n) is 10.7. The van der Waals surface area contributed by atoms with Crippen LogP contribution in [0.15, 0.2) is 0 Å². The molecule has 6 nitrogen and oxygen atoms in total. The van der Waals surface area contributed by atoms with Gasteiger partial charge in [-0.15, -0.1) is 0 Å². The first-order valence-corrected chi connectivity index (χ1v) is 7.41. The van der Waals surface area contributed by atoms with Crippen LogP contribution in [0.2, 0.25) is 0 Å². The average molecular weight is 268 g/mol. The molecule has 0 amide bonds. The summed E-state index contributed by atoms with van der Waals surface area (Å²) in [5.41, 5.74) is 0. The molecule has 2 N–H and O–H groups in total. The SMILES string of the molecule is C[NH+]1CCCC1.C[NH+]1CCCC1.O=S(=O)([O-])[O-]. The minimum Gasteiger partial charge on any atom is -0.759 e. The van der Waals surface area contributed by atoms with E-state index in [1.165, 1.54) is 51.9 Å². The van der Waals surface area contributed by atoms with Crippen molar-refractivity contribution in [1.29, 1.82) is 0 Å². The van der Waals surface area contributed by atoms with Crippen molar-refractivity contribution in [3.63, 3.8) is 0 Å². The predicted octanol–water partition coefficient (Wildman–Crippen LogP) is -2.75. The second-order valence-corrected chi connectivity index (χ2v) is 5.55. The molecule has 2 fully saturated rings. The largest absolute Gasteiger partial charge is 0.759 e. The molecule has 0 saturated carbocycles. The smallest absolute Gasteiger partial charge is 0.0771 e. The lowest BCUT2D eigenvalue weighted by atomic mass is 10.4. The van der Waals surface area contributed by atoms with Gasteiger partial charge in [-0.25, -0.2) is 0 Å². The van der Waals surface area contributed by atoms with Crippen molar-refractivity contribution in [3.05, 3.63) is 0 Å². The summed E-state index contributed by atoms with van der Waals surface area (Å²) in [6, 6.07) is 0. The van der Waals surface area contributed by atoms with Crippen LogP contribution >= 0.6 is 0 Å². The van der Waals surface area contributed by atoms with Crippen molar-refractivity contribution in [2.45, 2.75) is 25.7 Å². The zero-order valence-corrected chi connectivity index (χ0v) is 11.5. The molecular formula is C10H24N2O4S. The Morgan fingerprint density at radius 3 is 1.00 bits per heavy atom. The van der Waals surface area contributed by atoms with Gasteiger partial charge in [-0.3, -0.25) is 8.42 Å². The average Bonchev–Trinajstić information content (AvgIpc) is 2.76. The second kappa shape index (κ2) is 8.82. The van der Waals surface area contributed by atoms with Crippen LogP contribution in [-0.4, -0.2) is 57.8 Å². The van der Waals surface area contributed by atoms with Crippen LogP contribution in [-0.2, 0) is 10.4 Å². The first kappa shape index (κ1) is 16.8. The standard InChI is InChI=1S/2C5H11N.H2O4S/c2*1-6-4-2-3-5-6;1-5(2,3)4/h2*2-5H2,1H3;(H2,1,2,3,4). The molecule has 2 saturated heterocycles. The Balaban J connectivity index is 0.000000228. The molecule has 7 heteroatoms. The lowest BCUT2D eigenvalue weighted by Crippen LogP contribution is -3.06. The van der Waals surface area contributed by atoms with Gasteiger partial charge in [0, 0.05) is 36.1 Å². The van der Waals surface area contributed by atoms with Crippen molar-refractivity contribution in [3.8, 4) is 0 Å². The van der Waals surface area contributed by atoms with Crippen LogP contribution in [0, 0.1) is 0 Å². The maximum atomic E-state index is 8.52. The van der Waals surface area contributed by atoms with Crippen LogP contribution in [0.4, 0.5) is 0 Å². The summed E-state index contributed by atoms with van der Waals surface area (Å²) < 4.78 is 34.1. The molecule has 2 aliphatic rings. The molecular weight excluding hydrogens is 244 g/mol. The highest BCUT2D eigenvalue weighted by atomic mass is 32.3. The number of nitrogens with one attached hydrogen (secondary N) is 2. The molecule has 104 valence electrons. The third kappa shape index (κ3) is 15.8. The zero-order chi connectivity index (χ0) is 13.3. The van der Waals surface area contributed by atoms with E-state index in [-0.39, 0.29) is 0 Å². The minimum absolute atomic E-state index is 1.40. The lowest BCUT2D eigenvalue weighted by Gasteiger charge is -2.06. The highest BCUT2D eigenvalue weighted by Gasteiger charge is 2.08. The van der Waals surface area contributed by atoms with Gasteiger partial charge in [-0.2, -0.15) is 0 Å². The highest BCUT2D eigenvalue weighted by Crippen LogP contribution is 1.85. The Morgan fingerprint density at radius 2 is 0.941 bits per heavy atom. The van der Waals surface area contributed by atoms with Crippen LogP contribution < -0.4 is 9.80 Å². The van der Waals surface area contributed by atoms with E-state index in [0.717, 1.165) is 0 Å². The summed E-state index contributed by atoms with van der Waals surface area (Å²) in [6.07, 6.45) is 5.80. The van der Waals surface area contributed by atoms with Crippen molar-refractivity contribution in [2.75, 3.05) is 40.3 Å². The van der Waals surface area contributed by atoms with E-state index in [2.05, 4.69) is 14.1 Å². The molecule has 0 radical (unpaired) electrons. The Bertz CT molecular complexity index is 248. The van der Waals surface area contributed by atoms with E-state index in [0.29, 0.717) is 0 Å². The summed E-state index contributed by atoms with van der Waals surface area (Å²) >= 11 is 0. The molecule has 0 aromatic heterocycles. The predicted molar refractivity (Wildman–Crippen MR) is 62.2 cm³/mol. The number of hydrogen-bond donors (Lipinski definition) is 2. The first-order chi connectivity index (χ1) is 7.79. The normalized spacial score (nSPS) is 21.4. The molecule has 0 bridgehead atoms. The molecule has 0 unspecified atom stereocenters. The van der Waals surface area contributed by atoms with Gasteiger partial charge in [-0.05, 0) is 0 Å². The molecule has 0 aromatic rings. The van der Waals surface area contributed by atoms with Crippen LogP contribution in [0.5, 0.6) is 0 Å². The fraction of sp³-hybridized carbons (Fsp3) is 1.00. The van der Waals surface area contributed by atoms with Crippen LogP contribution in [0.3, 0.4) is 0 Å². The van der Waals surface area contributed by atoms with Crippen LogP contribution in [0.25, 0.3) is 0 Å². The molecule has 0 aliphatic carbocycles. The first-order valence-electron chi connectivity index (χ1n) is 6.08. The van der Waals surface area contributed by atoms with Gasteiger partial charge in [0.2, 0.25) is 0 Å². The summed E-state index contributed by atoms with van der Waals surface area (Å²) in [7, 11) is -0.653. The van der Waals surface area contributed by atoms with Gasteiger partial charge in [0.1, 0.15) is 0 Å². The van der Waals surface area contributed by atoms with Gasteiger partial charge in [-0.1, -0.05) is 0 Å². The topological polar surface area (TPSA) is 89.1 Å². The molecule has 2 heterocycles. The fourth-order valence-electron chi connectivity index (χ4n) is 1.96. The van der Waals surface area contributed by atoms with E-state index < -0.39 is 10.4 Å². The quantitative estimate of drug-likeness (QED) is 0.368. The maximum Gasteiger partial charge on any atom is 0.0771 e. The van der Waals surface area contributed by atoms with Crippen molar-refractivity contribution in [1.82, 2.24) is 0 Å². The molecule has 2 rings (SSSR count). The van der Waals surface area contributed by atoms with Gasteiger partial charge in [0.05, 0.1) is 40.3 Å². The van der Waals surface area contributed by atoms with Gasteiger partial charge >= 0.3 is 0 Å². The van der Waals surface area contributed by atoms with E-state index >= 15 is 0 Å². The summed E-state index contributed by atoms with van der Waals surface area (Å²) in [6.45, 7) is 5.61. The third-order valence-corrected chi connectivity index (χ3v) is 2.91. The molecule has 0 spiro atoms. The molecule has 17 heavy (non-hydrogen) atoms. The second-order valence-electron chi connectivity index (χ2n) is 4.74.